The molecule has 1 aliphatic carbocycles. The van der Waals surface area contributed by atoms with Crippen molar-refractivity contribution < 1.29 is 4.21 Å². The van der Waals surface area contributed by atoms with E-state index in [9.17, 15) is 4.21 Å². The topological polar surface area (TPSA) is 65.8 Å². The van der Waals surface area contributed by atoms with Gasteiger partial charge in [-0.05, 0) is 56.2 Å². The van der Waals surface area contributed by atoms with Crippen molar-refractivity contribution in [3.63, 3.8) is 0 Å². The first-order valence-corrected chi connectivity index (χ1v) is 11.5. The molecular weight excluding hydrogens is 378 g/mol. The normalized spacial score (nSPS) is 27.8. The molecule has 1 saturated carbocycles. The van der Waals surface area contributed by atoms with E-state index in [1.165, 1.54) is 25.7 Å². The molecule has 152 valence electrons. The average Bonchev–Trinajstić information content (AvgIpc) is 3.07. The molecule has 1 aliphatic heterocycles. The molecule has 0 spiro atoms. The van der Waals surface area contributed by atoms with E-state index in [4.69, 9.17) is 5.26 Å². The Hall–Kier alpha value is -2.29. The quantitative estimate of drug-likeness (QED) is 0.770. The lowest BCUT2D eigenvalue weighted by atomic mass is 9.77. The third kappa shape index (κ3) is 5.01. The van der Waals surface area contributed by atoms with Crippen LogP contribution in [-0.4, -0.2) is 20.5 Å². The zero-order valence-corrected chi connectivity index (χ0v) is 18.0. The van der Waals surface area contributed by atoms with Gasteiger partial charge in [-0.15, -0.1) is 0 Å². The number of fused-ring (bicyclic) bond motifs is 1. The number of hydrogen-bond donors (Lipinski definition) is 1. The molecule has 2 aromatic rings. The highest BCUT2D eigenvalue weighted by atomic mass is 32.2. The summed E-state index contributed by atoms with van der Waals surface area (Å²) in [7, 11) is -0.736. The van der Waals surface area contributed by atoms with Gasteiger partial charge < -0.3 is 0 Å². The number of nitriles is 1. The van der Waals surface area contributed by atoms with E-state index in [0.717, 1.165) is 22.7 Å². The fraction of sp³-hybridized carbons (Fsp3) is 0.417. The minimum atomic E-state index is -0.736. The van der Waals surface area contributed by atoms with E-state index < -0.39 is 11.0 Å². The summed E-state index contributed by atoms with van der Waals surface area (Å²) < 4.78 is 14.8. The second-order valence-electron chi connectivity index (χ2n) is 7.83. The molecule has 5 atom stereocenters. The van der Waals surface area contributed by atoms with Gasteiger partial charge in [-0.25, -0.2) is 8.93 Å². The van der Waals surface area contributed by atoms with Crippen molar-refractivity contribution >= 4 is 17.1 Å². The van der Waals surface area contributed by atoms with Gasteiger partial charge in [0.15, 0.2) is 0 Å². The van der Waals surface area contributed by atoms with Crippen LogP contribution in [0.15, 0.2) is 49.2 Å². The largest absolute Gasteiger partial charge is 0.256 e. The minimum absolute atomic E-state index is 0.456. The Morgan fingerprint density at radius 2 is 2.10 bits per heavy atom. The highest BCUT2D eigenvalue weighted by Gasteiger charge is 2.42. The van der Waals surface area contributed by atoms with Crippen molar-refractivity contribution in [3.05, 3.63) is 60.4 Å². The van der Waals surface area contributed by atoms with Gasteiger partial charge in [-0.3, -0.25) is 4.98 Å². The summed E-state index contributed by atoms with van der Waals surface area (Å²) in [6, 6.07) is 14.0. The van der Waals surface area contributed by atoms with E-state index in [1.807, 2.05) is 30.3 Å². The monoisotopic (exact) mass is 407 g/mol. The lowest BCUT2D eigenvalue weighted by Crippen LogP contribution is -2.31. The smallest absolute Gasteiger partial charge is 0.0998 e. The van der Waals surface area contributed by atoms with Crippen LogP contribution in [0.2, 0.25) is 0 Å². The minimum Gasteiger partial charge on any atom is -0.256 e. The van der Waals surface area contributed by atoms with Gasteiger partial charge in [-0.2, -0.15) is 5.26 Å². The maximum atomic E-state index is 11.6. The first-order valence-electron chi connectivity index (χ1n) is 10.3. The fourth-order valence-electron chi connectivity index (χ4n) is 4.31. The maximum absolute atomic E-state index is 11.6. The Morgan fingerprint density at radius 1 is 1.31 bits per heavy atom. The highest BCUT2D eigenvalue weighted by molar-refractivity contribution is 7.84. The van der Waals surface area contributed by atoms with Crippen molar-refractivity contribution in [2.75, 3.05) is 0 Å². The molecule has 2 aliphatic rings. The standard InChI is InChI=1S/C14H10N2.C10H19NOS/c1-2-13-8-7-12(10-16-13)14-6-4-3-5-11(14)9-15;1-3-8-4-5-10-9(6-8)7(2)11-13(10)12/h2-8,10H,1H2;7-11H,3-6H2,1-2H3. The van der Waals surface area contributed by atoms with Gasteiger partial charge in [0.2, 0.25) is 0 Å². The van der Waals surface area contributed by atoms with Crippen LogP contribution in [0.5, 0.6) is 0 Å². The Labute approximate surface area is 176 Å². The molecule has 0 bridgehead atoms. The predicted octanol–water partition coefficient (Wildman–Crippen LogP) is 5.10. The van der Waals surface area contributed by atoms with Crippen molar-refractivity contribution in [2.24, 2.45) is 11.8 Å². The lowest BCUT2D eigenvalue weighted by molar-refractivity contribution is 0.252. The van der Waals surface area contributed by atoms with E-state index in [-0.39, 0.29) is 0 Å². The summed E-state index contributed by atoms with van der Waals surface area (Å²) in [6.07, 6.45) is 8.50. The molecule has 29 heavy (non-hydrogen) atoms. The Morgan fingerprint density at radius 3 is 2.76 bits per heavy atom. The Balaban J connectivity index is 0.000000169. The SMILES string of the molecule is C=Cc1ccc(-c2ccccc2C#N)cn1.CCC1CCC2C(C1)C(C)NS2=O. The second kappa shape index (κ2) is 9.96. The number of pyridine rings is 1. The van der Waals surface area contributed by atoms with Crippen LogP contribution < -0.4 is 4.72 Å². The maximum Gasteiger partial charge on any atom is 0.0998 e. The molecule has 0 radical (unpaired) electrons. The average molecular weight is 408 g/mol. The van der Waals surface area contributed by atoms with Gasteiger partial charge in [0.25, 0.3) is 0 Å². The summed E-state index contributed by atoms with van der Waals surface area (Å²) in [5.41, 5.74) is 3.35. The highest BCUT2D eigenvalue weighted by Crippen LogP contribution is 2.38. The van der Waals surface area contributed by atoms with E-state index in [1.54, 1.807) is 18.3 Å². The van der Waals surface area contributed by atoms with Crippen LogP contribution in [-0.2, 0) is 11.0 Å². The summed E-state index contributed by atoms with van der Waals surface area (Å²) in [5, 5.41) is 9.45. The summed E-state index contributed by atoms with van der Waals surface area (Å²) in [6.45, 7) is 8.11. The van der Waals surface area contributed by atoms with Gasteiger partial charge in [0.1, 0.15) is 0 Å². The van der Waals surface area contributed by atoms with Crippen LogP contribution >= 0.6 is 0 Å². The second-order valence-corrected chi connectivity index (χ2v) is 9.26. The molecular formula is C24H29N3OS. The predicted molar refractivity (Wildman–Crippen MR) is 120 cm³/mol. The summed E-state index contributed by atoms with van der Waals surface area (Å²) in [5.74, 6) is 1.57. The molecule has 5 unspecified atom stereocenters. The van der Waals surface area contributed by atoms with E-state index in [2.05, 4.69) is 36.2 Å². The zero-order valence-electron chi connectivity index (χ0n) is 17.2. The molecule has 5 heteroatoms. The number of nitrogens with one attached hydrogen (secondary N) is 1. The van der Waals surface area contributed by atoms with Crippen LogP contribution in [0.4, 0.5) is 0 Å². The first kappa shape index (κ1) is 21.4. The van der Waals surface area contributed by atoms with Gasteiger partial charge >= 0.3 is 0 Å². The van der Waals surface area contributed by atoms with Crippen molar-refractivity contribution in [1.82, 2.24) is 9.71 Å². The zero-order chi connectivity index (χ0) is 20.8. The molecule has 4 rings (SSSR count). The van der Waals surface area contributed by atoms with Crippen molar-refractivity contribution in [1.29, 1.82) is 5.26 Å². The van der Waals surface area contributed by atoms with Crippen LogP contribution in [0.3, 0.4) is 0 Å². The molecule has 1 saturated heterocycles. The van der Waals surface area contributed by atoms with Crippen molar-refractivity contribution in [3.8, 4) is 17.2 Å². The number of rotatable bonds is 3. The molecule has 2 fully saturated rings. The first-order chi connectivity index (χ1) is 14.1. The Kier molecular flexibility index (Phi) is 7.35. The number of benzene rings is 1. The van der Waals surface area contributed by atoms with Crippen LogP contribution in [0.25, 0.3) is 17.2 Å². The van der Waals surface area contributed by atoms with Crippen molar-refractivity contribution in [2.45, 2.75) is 50.8 Å². The van der Waals surface area contributed by atoms with Crippen LogP contribution in [0, 0.1) is 23.2 Å². The number of nitrogens with zero attached hydrogens (tertiary/aromatic N) is 2. The number of hydrogen-bond acceptors (Lipinski definition) is 3. The molecule has 1 aromatic carbocycles. The number of aromatic nitrogens is 1. The lowest BCUT2D eigenvalue weighted by Gasteiger charge is -2.31. The summed E-state index contributed by atoms with van der Waals surface area (Å²) >= 11 is 0. The third-order valence-corrected chi connectivity index (χ3v) is 7.83. The molecule has 0 amide bonds. The molecule has 1 N–H and O–H groups in total. The molecule has 2 heterocycles. The van der Waals surface area contributed by atoms with E-state index >= 15 is 0 Å². The van der Waals surface area contributed by atoms with Crippen LogP contribution in [0.1, 0.15) is 50.8 Å². The molecule has 4 nitrogen and oxygen atoms in total. The van der Waals surface area contributed by atoms with E-state index in [0.29, 0.717) is 22.8 Å². The third-order valence-electron chi connectivity index (χ3n) is 6.09. The molecule has 1 aromatic heterocycles. The van der Waals surface area contributed by atoms with Gasteiger partial charge in [0, 0.05) is 23.4 Å². The summed E-state index contributed by atoms with van der Waals surface area (Å²) in [4.78, 5) is 4.22. The Bertz CT molecular complexity index is 903. The van der Waals surface area contributed by atoms with Gasteiger partial charge in [0.05, 0.1) is 33.6 Å². The van der Waals surface area contributed by atoms with Gasteiger partial charge in [-0.1, -0.05) is 44.2 Å². The fourth-order valence-corrected chi connectivity index (χ4v) is 6.04.